The second-order valence-electron chi connectivity index (χ2n) is 5.57. The van der Waals surface area contributed by atoms with Crippen molar-refractivity contribution in [1.29, 1.82) is 0 Å². The predicted molar refractivity (Wildman–Crippen MR) is 72.8 cm³/mol. The lowest BCUT2D eigenvalue weighted by Gasteiger charge is -2.40. The van der Waals surface area contributed by atoms with Crippen molar-refractivity contribution in [2.45, 2.75) is 45.1 Å². The number of aliphatic carboxylic acids is 1. The lowest BCUT2D eigenvalue weighted by Crippen LogP contribution is -2.53. The van der Waals surface area contributed by atoms with Crippen LogP contribution in [0.4, 0.5) is 10.1 Å². The summed E-state index contributed by atoms with van der Waals surface area (Å²) in [6, 6.07) is 4.58. The van der Waals surface area contributed by atoms with Crippen molar-refractivity contribution in [3.63, 3.8) is 0 Å². The standard InChI is InChI=1S/C15H20FNO2/c1-10-7-12(16)9-13(8-10)17-15(14(18)19)6-4-3-5-11(15)2/h7-9,11,17H,3-6H2,1-2H3,(H,18,19). The van der Waals surface area contributed by atoms with Crippen molar-refractivity contribution in [3.05, 3.63) is 29.6 Å². The van der Waals surface area contributed by atoms with Crippen molar-refractivity contribution in [3.8, 4) is 0 Å². The summed E-state index contributed by atoms with van der Waals surface area (Å²) < 4.78 is 13.4. The smallest absolute Gasteiger partial charge is 0.329 e. The summed E-state index contributed by atoms with van der Waals surface area (Å²) in [4.78, 5) is 11.7. The lowest BCUT2D eigenvalue weighted by molar-refractivity contribution is -0.145. The van der Waals surface area contributed by atoms with Gasteiger partial charge in [-0.3, -0.25) is 0 Å². The monoisotopic (exact) mass is 265 g/mol. The molecule has 0 heterocycles. The number of nitrogens with one attached hydrogen (secondary N) is 1. The zero-order valence-corrected chi connectivity index (χ0v) is 11.4. The minimum atomic E-state index is -0.974. The fraction of sp³-hybridized carbons (Fsp3) is 0.533. The fourth-order valence-corrected chi connectivity index (χ4v) is 2.97. The number of aryl methyl sites for hydroxylation is 1. The average molecular weight is 265 g/mol. The Hall–Kier alpha value is -1.58. The van der Waals surface area contributed by atoms with Crippen molar-refractivity contribution in [1.82, 2.24) is 0 Å². The number of anilines is 1. The van der Waals surface area contributed by atoms with Crippen molar-refractivity contribution < 1.29 is 14.3 Å². The minimum Gasteiger partial charge on any atom is -0.479 e. The van der Waals surface area contributed by atoms with Crippen LogP contribution >= 0.6 is 0 Å². The maximum absolute atomic E-state index is 13.4. The summed E-state index contributed by atoms with van der Waals surface area (Å²) in [6.07, 6.45) is 3.41. The molecule has 1 aromatic carbocycles. The number of hydrogen-bond acceptors (Lipinski definition) is 2. The Labute approximate surface area is 112 Å². The van der Waals surface area contributed by atoms with Gasteiger partial charge in [0.15, 0.2) is 0 Å². The number of hydrogen-bond donors (Lipinski definition) is 2. The summed E-state index contributed by atoms with van der Waals surface area (Å²) in [7, 11) is 0. The van der Waals surface area contributed by atoms with E-state index in [-0.39, 0.29) is 11.7 Å². The molecule has 0 saturated heterocycles. The van der Waals surface area contributed by atoms with Crippen LogP contribution in [0.25, 0.3) is 0 Å². The molecule has 1 aliphatic carbocycles. The first-order valence-corrected chi connectivity index (χ1v) is 6.73. The molecule has 4 heteroatoms. The number of carboxylic acid groups (broad SMARTS) is 1. The zero-order chi connectivity index (χ0) is 14.0. The van der Waals surface area contributed by atoms with Gasteiger partial charge in [0, 0.05) is 5.69 Å². The van der Waals surface area contributed by atoms with Crippen LogP contribution in [-0.2, 0) is 4.79 Å². The van der Waals surface area contributed by atoms with Gasteiger partial charge in [-0.1, -0.05) is 19.8 Å². The highest BCUT2D eigenvalue weighted by Gasteiger charge is 2.45. The summed E-state index contributed by atoms with van der Waals surface area (Å²) in [5.74, 6) is -1.16. The first-order chi connectivity index (χ1) is 8.94. The molecule has 1 aromatic rings. The Morgan fingerprint density at radius 2 is 2.16 bits per heavy atom. The molecule has 0 spiro atoms. The molecule has 0 bridgehead atoms. The van der Waals surface area contributed by atoms with Crippen LogP contribution in [0.2, 0.25) is 0 Å². The molecule has 1 fully saturated rings. The van der Waals surface area contributed by atoms with E-state index in [1.807, 2.05) is 6.92 Å². The van der Waals surface area contributed by atoms with E-state index in [4.69, 9.17) is 0 Å². The van der Waals surface area contributed by atoms with Crippen LogP contribution in [-0.4, -0.2) is 16.6 Å². The molecule has 2 N–H and O–H groups in total. The molecule has 2 rings (SSSR count). The minimum absolute atomic E-state index is 0.0299. The molecule has 1 aliphatic rings. The molecule has 2 unspecified atom stereocenters. The van der Waals surface area contributed by atoms with Gasteiger partial charge in [-0.2, -0.15) is 0 Å². The lowest BCUT2D eigenvalue weighted by atomic mass is 9.73. The summed E-state index contributed by atoms with van der Waals surface area (Å²) >= 11 is 0. The van der Waals surface area contributed by atoms with Gasteiger partial charge in [0.1, 0.15) is 11.4 Å². The second kappa shape index (κ2) is 5.19. The van der Waals surface area contributed by atoms with Gasteiger partial charge in [-0.05, 0) is 49.4 Å². The third kappa shape index (κ3) is 2.72. The van der Waals surface area contributed by atoms with E-state index in [9.17, 15) is 14.3 Å². The normalized spacial score (nSPS) is 27.0. The quantitative estimate of drug-likeness (QED) is 0.878. The van der Waals surface area contributed by atoms with Crippen molar-refractivity contribution in [2.24, 2.45) is 5.92 Å². The van der Waals surface area contributed by atoms with Crippen LogP contribution in [0.3, 0.4) is 0 Å². The Kier molecular flexibility index (Phi) is 3.78. The summed E-state index contributed by atoms with van der Waals surface area (Å²) in [6.45, 7) is 3.75. The topological polar surface area (TPSA) is 49.3 Å². The first kappa shape index (κ1) is 13.8. The van der Waals surface area contributed by atoms with Gasteiger partial charge < -0.3 is 10.4 Å². The predicted octanol–water partition coefficient (Wildman–Crippen LogP) is 3.58. The van der Waals surface area contributed by atoms with E-state index in [0.717, 1.165) is 24.8 Å². The van der Waals surface area contributed by atoms with Gasteiger partial charge in [0.05, 0.1) is 0 Å². The number of benzene rings is 1. The molecular weight excluding hydrogens is 245 g/mol. The zero-order valence-electron chi connectivity index (χ0n) is 11.4. The Bertz CT molecular complexity index is 469. The SMILES string of the molecule is Cc1cc(F)cc(NC2(C(=O)O)CCCCC2C)c1. The molecule has 104 valence electrons. The van der Waals surface area contributed by atoms with E-state index < -0.39 is 11.5 Å². The Morgan fingerprint density at radius 3 is 2.74 bits per heavy atom. The first-order valence-electron chi connectivity index (χ1n) is 6.73. The molecule has 19 heavy (non-hydrogen) atoms. The summed E-state index contributed by atoms with van der Waals surface area (Å²) in [5.41, 5.74) is 0.360. The van der Waals surface area contributed by atoms with Gasteiger partial charge in [-0.25, -0.2) is 9.18 Å². The molecular formula is C15H20FNO2. The highest BCUT2D eigenvalue weighted by atomic mass is 19.1. The Balaban J connectivity index is 2.33. The van der Waals surface area contributed by atoms with E-state index in [1.165, 1.54) is 12.1 Å². The number of carboxylic acids is 1. The maximum Gasteiger partial charge on any atom is 0.329 e. The van der Waals surface area contributed by atoms with Crippen LogP contribution in [0.1, 0.15) is 38.2 Å². The fourth-order valence-electron chi connectivity index (χ4n) is 2.97. The van der Waals surface area contributed by atoms with Crippen molar-refractivity contribution in [2.75, 3.05) is 5.32 Å². The summed E-state index contributed by atoms with van der Waals surface area (Å²) in [5, 5.41) is 12.7. The van der Waals surface area contributed by atoms with Gasteiger partial charge >= 0.3 is 5.97 Å². The Morgan fingerprint density at radius 1 is 1.42 bits per heavy atom. The molecule has 0 radical (unpaired) electrons. The second-order valence-corrected chi connectivity index (χ2v) is 5.57. The van der Waals surface area contributed by atoms with Crippen molar-refractivity contribution >= 4 is 11.7 Å². The highest BCUT2D eigenvalue weighted by molar-refractivity contribution is 5.83. The molecule has 0 aliphatic heterocycles. The largest absolute Gasteiger partial charge is 0.479 e. The van der Waals surface area contributed by atoms with Gasteiger partial charge in [0.2, 0.25) is 0 Å². The molecule has 0 aromatic heterocycles. The maximum atomic E-state index is 13.4. The molecule has 2 atom stereocenters. The molecule has 0 amide bonds. The van der Waals surface area contributed by atoms with Crippen LogP contribution in [0.15, 0.2) is 18.2 Å². The van der Waals surface area contributed by atoms with E-state index >= 15 is 0 Å². The number of halogens is 1. The highest BCUT2D eigenvalue weighted by Crippen LogP contribution is 2.37. The van der Waals surface area contributed by atoms with E-state index in [0.29, 0.717) is 12.1 Å². The third-order valence-corrected chi connectivity index (χ3v) is 4.09. The average Bonchev–Trinajstić information content (AvgIpc) is 2.30. The van der Waals surface area contributed by atoms with Crippen LogP contribution in [0.5, 0.6) is 0 Å². The third-order valence-electron chi connectivity index (χ3n) is 4.09. The molecule has 3 nitrogen and oxygen atoms in total. The van der Waals surface area contributed by atoms with E-state index in [1.54, 1.807) is 13.0 Å². The van der Waals surface area contributed by atoms with Gasteiger partial charge in [0.25, 0.3) is 0 Å². The van der Waals surface area contributed by atoms with Gasteiger partial charge in [-0.15, -0.1) is 0 Å². The van der Waals surface area contributed by atoms with Crippen LogP contribution in [0, 0.1) is 18.7 Å². The number of carbonyl (C=O) groups is 1. The number of rotatable bonds is 3. The molecule has 1 saturated carbocycles. The van der Waals surface area contributed by atoms with Crippen LogP contribution < -0.4 is 5.32 Å². The van der Waals surface area contributed by atoms with E-state index in [2.05, 4.69) is 5.32 Å².